The second kappa shape index (κ2) is 5.50. The summed E-state index contributed by atoms with van der Waals surface area (Å²) in [6.45, 7) is 0.999. The van der Waals surface area contributed by atoms with Gasteiger partial charge in [0.15, 0.2) is 11.5 Å². The molecule has 1 aromatic heterocycles. The number of benzene rings is 1. The molecule has 20 heavy (non-hydrogen) atoms. The standard InChI is InChI=1S/C14H17N3O3/c1-18-11-6-5-9(8-12(11)19-2)13-16-17-14(20-13)10-4-3-7-15-10/h5-6,8,10,15H,3-4,7H2,1-2H3. The van der Waals surface area contributed by atoms with Crippen LogP contribution in [-0.2, 0) is 0 Å². The molecule has 0 aliphatic carbocycles. The maximum absolute atomic E-state index is 5.75. The van der Waals surface area contributed by atoms with Gasteiger partial charge in [-0.15, -0.1) is 10.2 Å². The zero-order valence-corrected chi connectivity index (χ0v) is 11.5. The van der Waals surface area contributed by atoms with Crippen LogP contribution in [0.5, 0.6) is 11.5 Å². The summed E-state index contributed by atoms with van der Waals surface area (Å²) < 4.78 is 16.2. The first-order valence-corrected chi connectivity index (χ1v) is 6.61. The van der Waals surface area contributed by atoms with Gasteiger partial charge in [0, 0.05) is 5.56 Å². The van der Waals surface area contributed by atoms with Crippen molar-refractivity contribution in [3.05, 3.63) is 24.1 Å². The van der Waals surface area contributed by atoms with Crippen molar-refractivity contribution in [3.63, 3.8) is 0 Å². The van der Waals surface area contributed by atoms with E-state index >= 15 is 0 Å². The summed E-state index contributed by atoms with van der Waals surface area (Å²) in [6, 6.07) is 5.71. The normalized spacial score (nSPS) is 18.2. The van der Waals surface area contributed by atoms with Gasteiger partial charge in [0.25, 0.3) is 0 Å². The molecule has 6 nitrogen and oxygen atoms in total. The highest BCUT2D eigenvalue weighted by molar-refractivity contribution is 5.59. The summed E-state index contributed by atoms with van der Waals surface area (Å²) in [4.78, 5) is 0. The van der Waals surface area contributed by atoms with E-state index in [9.17, 15) is 0 Å². The first kappa shape index (κ1) is 12.9. The Morgan fingerprint density at radius 3 is 2.75 bits per heavy atom. The van der Waals surface area contributed by atoms with Crippen molar-refractivity contribution in [3.8, 4) is 23.0 Å². The van der Waals surface area contributed by atoms with E-state index < -0.39 is 0 Å². The van der Waals surface area contributed by atoms with Gasteiger partial charge in [0.2, 0.25) is 11.8 Å². The molecule has 0 amide bonds. The van der Waals surface area contributed by atoms with Crippen molar-refractivity contribution in [1.29, 1.82) is 0 Å². The summed E-state index contributed by atoms with van der Waals surface area (Å²) in [7, 11) is 3.21. The van der Waals surface area contributed by atoms with Crippen LogP contribution in [0.1, 0.15) is 24.8 Å². The van der Waals surface area contributed by atoms with Crippen LogP contribution in [0, 0.1) is 0 Å². The van der Waals surface area contributed by atoms with Crippen molar-refractivity contribution in [2.24, 2.45) is 0 Å². The van der Waals surface area contributed by atoms with E-state index in [0.29, 0.717) is 23.3 Å². The number of nitrogens with one attached hydrogen (secondary N) is 1. The zero-order valence-electron chi connectivity index (χ0n) is 11.5. The Morgan fingerprint density at radius 1 is 1.20 bits per heavy atom. The summed E-state index contributed by atoms with van der Waals surface area (Å²) in [5, 5.41) is 11.6. The van der Waals surface area contributed by atoms with Crippen molar-refractivity contribution in [2.75, 3.05) is 20.8 Å². The lowest BCUT2D eigenvalue weighted by atomic mass is 10.2. The average Bonchev–Trinajstić information content (AvgIpc) is 3.16. The lowest BCUT2D eigenvalue weighted by Gasteiger charge is -2.07. The molecule has 1 N–H and O–H groups in total. The van der Waals surface area contributed by atoms with Crippen molar-refractivity contribution >= 4 is 0 Å². The molecule has 1 atom stereocenters. The van der Waals surface area contributed by atoms with E-state index in [2.05, 4.69) is 15.5 Å². The molecule has 1 saturated heterocycles. The minimum atomic E-state index is 0.177. The van der Waals surface area contributed by atoms with Gasteiger partial charge in [0.1, 0.15) is 0 Å². The van der Waals surface area contributed by atoms with E-state index in [1.807, 2.05) is 18.2 Å². The number of methoxy groups -OCH3 is 2. The monoisotopic (exact) mass is 275 g/mol. The van der Waals surface area contributed by atoms with Crippen molar-refractivity contribution in [2.45, 2.75) is 18.9 Å². The predicted molar refractivity (Wildman–Crippen MR) is 72.8 cm³/mol. The predicted octanol–water partition coefficient (Wildman–Crippen LogP) is 2.18. The minimum absolute atomic E-state index is 0.177. The third-order valence-electron chi connectivity index (χ3n) is 3.43. The smallest absolute Gasteiger partial charge is 0.247 e. The molecule has 1 aliphatic rings. The Labute approximate surface area is 117 Å². The van der Waals surface area contributed by atoms with Gasteiger partial charge in [-0.3, -0.25) is 0 Å². The van der Waals surface area contributed by atoms with Crippen LogP contribution < -0.4 is 14.8 Å². The second-order valence-corrected chi connectivity index (χ2v) is 4.66. The average molecular weight is 275 g/mol. The minimum Gasteiger partial charge on any atom is -0.493 e. The Balaban J connectivity index is 1.88. The van der Waals surface area contributed by atoms with Crippen molar-refractivity contribution in [1.82, 2.24) is 15.5 Å². The molecule has 2 aromatic rings. The van der Waals surface area contributed by atoms with Crippen molar-refractivity contribution < 1.29 is 13.9 Å². The lowest BCUT2D eigenvalue weighted by molar-refractivity contribution is 0.355. The van der Waals surface area contributed by atoms with Crippen LogP contribution in [0.2, 0.25) is 0 Å². The Bertz CT molecular complexity index is 591. The topological polar surface area (TPSA) is 69.4 Å². The molecule has 1 aromatic carbocycles. The fraction of sp³-hybridized carbons (Fsp3) is 0.429. The molecule has 3 rings (SSSR count). The first-order valence-electron chi connectivity index (χ1n) is 6.61. The summed E-state index contributed by atoms with van der Waals surface area (Å²) in [5.41, 5.74) is 0.819. The largest absolute Gasteiger partial charge is 0.493 e. The van der Waals surface area contributed by atoms with Gasteiger partial charge in [-0.1, -0.05) is 0 Å². The number of ether oxygens (including phenoxy) is 2. The van der Waals surface area contributed by atoms with E-state index in [0.717, 1.165) is 24.9 Å². The highest BCUT2D eigenvalue weighted by atomic mass is 16.5. The highest BCUT2D eigenvalue weighted by Gasteiger charge is 2.22. The van der Waals surface area contributed by atoms with Gasteiger partial charge < -0.3 is 19.2 Å². The Morgan fingerprint density at radius 2 is 2.05 bits per heavy atom. The first-order chi connectivity index (χ1) is 9.81. The van der Waals surface area contributed by atoms with Gasteiger partial charge in [-0.25, -0.2) is 0 Å². The van der Waals surface area contributed by atoms with Gasteiger partial charge >= 0.3 is 0 Å². The zero-order chi connectivity index (χ0) is 13.9. The SMILES string of the molecule is COc1ccc(-c2nnc(C3CCCN3)o2)cc1OC. The number of nitrogens with zero attached hydrogens (tertiary/aromatic N) is 2. The molecule has 0 saturated carbocycles. The maximum atomic E-state index is 5.75. The van der Waals surface area contributed by atoms with E-state index in [4.69, 9.17) is 13.9 Å². The molecule has 106 valence electrons. The lowest BCUT2D eigenvalue weighted by Crippen LogP contribution is -2.12. The fourth-order valence-corrected chi connectivity index (χ4v) is 2.36. The van der Waals surface area contributed by atoms with Crippen LogP contribution in [0.25, 0.3) is 11.5 Å². The molecular formula is C14H17N3O3. The summed E-state index contributed by atoms with van der Waals surface area (Å²) >= 11 is 0. The summed E-state index contributed by atoms with van der Waals surface area (Å²) in [6.07, 6.45) is 2.17. The highest BCUT2D eigenvalue weighted by Crippen LogP contribution is 2.32. The molecular weight excluding hydrogens is 258 g/mol. The number of aromatic nitrogens is 2. The molecule has 1 fully saturated rings. The van der Waals surface area contributed by atoms with E-state index in [1.54, 1.807) is 14.2 Å². The Kier molecular flexibility index (Phi) is 3.56. The van der Waals surface area contributed by atoms with E-state index in [-0.39, 0.29) is 6.04 Å². The van der Waals surface area contributed by atoms with Crippen LogP contribution in [0.4, 0.5) is 0 Å². The molecule has 0 bridgehead atoms. The summed E-state index contributed by atoms with van der Waals surface area (Å²) in [5.74, 6) is 2.46. The number of hydrogen-bond acceptors (Lipinski definition) is 6. The molecule has 6 heteroatoms. The van der Waals surface area contributed by atoms with E-state index in [1.165, 1.54) is 0 Å². The third-order valence-corrected chi connectivity index (χ3v) is 3.43. The molecule has 1 unspecified atom stereocenters. The van der Waals surface area contributed by atoms with Gasteiger partial charge in [-0.2, -0.15) is 0 Å². The maximum Gasteiger partial charge on any atom is 0.247 e. The van der Waals surface area contributed by atoms with Crippen LogP contribution >= 0.6 is 0 Å². The number of hydrogen-bond donors (Lipinski definition) is 1. The second-order valence-electron chi connectivity index (χ2n) is 4.66. The Hall–Kier alpha value is -2.08. The molecule has 0 spiro atoms. The number of rotatable bonds is 4. The fourth-order valence-electron chi connectivity index (χ4n) is 2.36. The van der Waals surface area contributed by atoms with Crippen LogP contribution in [0.15, 0.2) is 22.6 Å². The van der Waals surface area contributed by atoms with Gasteiger partial charge in [0.05, 0.1) is 20.3 Å². The molecule has 1 aliphatic heterocycles. The van der Waals surface area contributed by atoms with Gasteiger partial charge in [-0.05, 0) is 37.6 Å². The van der Waals surface area contributed by atoms with Crippen LogP contribution in [0.3, 0.4) is 0 Å². The molecule has 2 heterocycles. The molecule has 0 radical (unpaired) electrons. The van der Waals surface area contributed by atoms with Crippen LogP contribution in [-0.4, -0.2) is 31.0 Å². The third kappa shape index (κ3) is 2.34. The quantitative estimate of drug-likeness (QED) is 0.922.